The summed E-state index contributed by atoms with van der Waals surface area (Å²) in [6, 6.07) is 11.3. The second kappa shape index (κ2) is 10.0. The standard InChI is InChI=1S/C22H25FN2O5S/c1-25(16-9-3-2-4-10-16)31(28,29)20-14-8-7-13-19(20)24-21(26)15-30-22(27)17-11-5-6-12-18(17)23/h5-8,11-14,16H,2-4,9-10,15H2,1H3,(H,24,26). The second-order valence-electron chi connectivity index (χ2n) is 7.41. The lowest BCUT2D eigenvalue weighted by Crippen LogP contribution is -2.38. The van der Waals surface area contributed by atoms with Gasteiger partial charge in [0.25, 0.3) is 5.91 Å². The highest BCUT2D eigenvalue weighted by molar-refractivity contribution is 7.89. The van der Waals surface area contributed by atoms with E-state index in [1.165, 1.54) is 34.6 Å². The predicted octanol–water partition coefficient (Wildman–Crippen LogP) is 3.57. The first kappa shape index (κ1) is 22.9. The SMILES string of the molecule is CN(C1CCCCC1)S(=O)(=O)c1ccccc1NC(=O)COC(=O)c1ccccc1F. The summed E-state index contributed by atoms with van der Waals surface area (Å²) in [7, 11) is -2.28. The molecule has 1 N–H and O–H groups in total. The van der Waals surface area contributed by atoms with E-state index >= 15 is 0 Å². The maximum atomic E-state index is 13.7. The molecule has 0 aromatic heterocycles. The van der Waals surface area contributed by atoms with Gasteiger partial charge in [-0.3, -0.25) is 4.79 Å². The van der Waals surface area contributed by atoms with Crippen molar-refractivity contribution in [3.8, 4) is 0 Å². The van der Waals surface area contributed by atoms with Crippen LogP contribution in [0.1, 0.15) is 42.5 Å². The van der Waals surface area contributed by atoms with Gasteiger partial charge in [-0.2, -0.15) is 4.31 Å². The number of carbonyl (C=O) groups is 2. The highest BCUT2D eigenvalue weighted by atomic mass is 32.2. The van der Waals surface area contributed by atoms with Gasteiger partial charge >= 0.3 is 5.97 Å². The molecule has 1 fully saturated rings. The second-order valence-corrected chi connectivity index (χ2v) is 9.38. The van der Waals surface area contributed by atoms with Crippen LogP contribution in [0.25, 0.3) is 0 Å². The van der Waals surface area contributed by atoms with Crippen molar-refractivity contribution in [3.63, 3.8) is 0 Å². The number of carbonyl (C=O) groups excluding carboxylic acids is 2. The van der Waals surface area contributed by atoms with E-state index in [1.807, 2.05) is 0 Å². The van der Waals surface area contributed by atoms with Crippen molar-refractivity contribution >= 4 is 27.6 Å². The molecule has 0 unspecified atom stereocenters. The predicted molar refractivity (Wildman–Crippen MR) is 114 cm³/mol. The van der Waals surface area contributed by atoms with Gasteiger partial charge in [0.1, 0.15) is 10.7 Å². The van der Waals surface area contributed by atoms with Crippen LogP contribution >= 0.6 is 0 Å². The number of rotatable bonds is 7. The number of anilines is 1. The molecule has 1 aliphatic carbocycles. The molecule has 3 rings (SSSR count). The number of nitrogens with one attached hydrogen (secondary N) is 1. The minimum absolute atomic E-state index is 0.0307. The Hall–Kier alpha value is -2.78. The number of ether oxygens (including phenoxy) is 1. The van der Waals surface area contributed by atoms with E-state index in [1.54, 1.807) is 19.2 Å². The summed E-state index contributed by atoms with van der Waals surface area (Å²) in [4.78, 5) is 24.2. The Morgan fingerprint density at radius 3 is 2.42 bits per heavy atom. The number of halogens is 1. The fourth-order valence-electron chi connectivity index (χ4n) is 3.61. The summed E-state index contributed by atoms with van der Waals surface area (Å²) in [5.41, 5.74) is -0.190. The van der Waals surface area contributed by atoms with Crippen molar-refractivity contribution in [1.82, 2.24) is 4.31 Å². The van der Waals surface area contributed by atoms with E-state index in [9.17, 15) is 22.4 Å². The maximum Gasteiger partial charge on any atom is 0.341 e. The minimum atomic E-state index is -3.83. The molecule has 0 radical (unpaired) electrons. The zero-order chi connectivity index (χ0) is 22.4. The van der Waals surface area contributed by atoms with Crippen LogP contribution in [-0.4, -0.2) is 44.3 Å². The normalized spacial score (nSPS) is 14.9. The van der Waals surface area contributed by atoms with Crippen molar-refractivity contribution < 1.29 is 27.1 Å². The molecule has 0 spiro atoms. The van der Waals surface area contributed by atoms with Gasteiger partial charge in [0.05, 0.1) is 11.3 Å². The quantitative estimate of drug-likeness (QED) is 0.654. The molecule has 7 nitrogen and oxygen atoms in total. The number of esters is 1. The van der Waals surface area contributed by atoms with Gasteiger partial charge in [-0.15, -0.1) is 0 Å². The number of hydrogen-bond donors (Lipinski definition) is 1. The first-order chi connectivity index (χ1) is 14.8. The van der Waals surface area contributed by atoms with Crippen LogP contribution in [-0.2, 0) is 19.6 Å². The topological polar surface area (TPSA) is 92.8 Å². The summed E-state index contributed by atoms with van der Waals surface area (Å²) in [6.07, 6.45) is 4.67. The summed E-state index contributed by atoms with van der Waals surface area (Å²) < 4.78 is 46.2. The highest BCUT2D eigenvalue weighted by Gasteiger charge is 2.31. The Kier molecular flexibility index (Phi) is 7.40. The molecule has 0 atom stereocenters. The number of sulfonamides is 1. The van der Waals surface area contributed by atoms with Gasteiger partial charge < -0.3 is 10.1 Å². The van der Waals surface area contributed by atoms with E-state index < -0.39 is 34.3 Å². The zero-order valence-corrected chi connectivity index (χ0v) is 18.0. The van der Waals surface area contributed by atoms with E-state index in [4.69, 9.17) is 4.74 Å². The average molecular weight is 449 g/mol. The number of nitrogens with zero attached hydrogens (tertiary/aromatic N) is 1. The molecule has 2 aromatic carbocycles. The smallest absolute Gasteiger partial charge is 0.341 e. The molecule has 1 saturated carbocycles. The lowest BCUT2D eigenvalue weighted by Gasteiger charge is -2.30. The minimum Gasteiger partial charge on any atom is -0.452 e. The summed E-state index contributed by atoms with van der Waals surface area (Å²) in [6.45, 7) is -0.681. The number of benzene rings is 2. The third kappa shape index (κ3) is 5.48. The Labute approximate surface area is 181 Å². The van der Waals surface area contributed by atoms with Crippen LogP contribution < -0.4 is 5.32 Å². The van der Waals surface area contributed by atoms with Crippen LogP contribution in [0.3, 0.4) is 0 Å². The third-order valence-corrected chi connectivity index (χ3v) is 7.30. The van der Waals surface area contributed by atoms with Crippen molar-refractivity contribution in [3.05, 3.63) is 59.9 Å². The summed E-state index contributed by atoms with van der Waals surface area (Å²) >= 11 is 0. The number of para-hydroxylation sites is 1. The van der Waals surface area contributed by atoms with Crippen LogP contribution in [0.5, 0.6) is 0 Å². The Bertz CT molecular complexity index is 1050. The van der Waals surface area contributed by atoms with Crippen LogP contribution in [0.2, 0.25) is 0 Å². The molecule has 166 valence electrons. The van der Waals surface area contributed by atoms with Gasteiger partial charge in [-0.25, -0.2) is 17.6 Å². The number of hydrogen-bond acceptors (Lipinski definition) is 5. The van der Waals surface area contributed by atoms with Crippen molar-refractivity contribution in [2.75, 3.05) is 19.0 Å². The Morgan fingerprint density at radius 2 is 1.71 bits per heavy atom. The maximum absolute atomic E-state index is 13.7. The van der Waals surface area contributed by atoms with Crippen molar-refractivity contribution in [2.24, 2.45) is 0 Å². The van der Waals surface area contributed by atoms with Gasteiger partial charge in [0.2, 0.25) is 10.0 Å². The molecule has 1 aliphatic rings. The first-order valence-electron chi connectivity index (χ1n) is 10.1. The van der Waals surface area contributed by atoms with Gasteiger partial charge in [-0.1, -0.05) is 43.5 Å². The van der Waals surface area contributed by atoms with E-state index in [-0.39, 0.29) is 22.2 Å². The Balaban J connectivity index is 1.69. The van der Waals surface area contributed by atoms with Gasteiger partial charge in [0.15, 0.2) is 6.61 Å². The van der Waals surface area contributed by atoms with Crippen molar-refractivity contribution in [2.45, 2.75) is 43.0 Å². The monoisotopic (exact) mass is 448 g/mol. The fourth-order valence-corrected chi connectivity index (χ4v) is 5.17. The van der Waals surface area contributed by atoms with E-state index in [0.717, 1.165) is 38.2 Å². The van der Waals surface area contributed by atoms with E-state index in [2.05, 4.69) is 5.32 Å². The molecule has 0 bridgehead atoms. The van der Waals surface area contributed by atoms with Gasteiger partial charge in [0, 0.05) is 13.1 Å². The molecule has 9 heteroatoms. The molecular weight excluding hydrogens is 423 g/mol. The zero-order valence-electron chi connectivity index (χ0n) is 17.2. The molecule has 1 amide bonds. The van der Waals surface area contributed by atoms with Crippen LogP contribution in [0, 0.1) is 5.82 Å². The largest absolute Gasteiger partial charge is 0.452 e. The van der Waals surface area contributed by atoms with Crippen LogP contribution in [0.4, 0.5) is 10.1 Å². The lowest BCUT2D eigenvalue weighted by atomic mass is 9.96. The fraction of sp³-hybridized carbons (Fsp3) is 0.364. The van der Waals surface area contributed by atoms with E-state index in [0.29, 0.717) is 0 Å². The molecule has 31 heavy (non-hydrogen) atoms. The molecule has 0 heterocycles. The Morgan fingerprint density at radius 1 is 1.06 bits per heavy atom. The number of amides is 1. The summed E-state index contributed by atoms with van der Waals surface area (Å²) in [5, 5.41) is 2.48. The van der Waals surface area contributed by atoms with Crippen molar-refractivity contribution in [1.29, 1.82) is 0 Å². The average Bonchev–Trinajstić information content (AvgIpc) is 2.78. The molecular formula is C22H25FN2O5S. The first-order valence-corrected chi connectivity index (χ1v) is 11.5. The molecule has 0 saturated heterocycles. The van der Waals surface area contributed by atoms with Gasteiger partial charge in [-0.05, 0) is 37.1 Å². The highest BCUT2D eigenvalue weighted by Crippen LogP contribution is 2.29. The third-order valence-electron chi connectivity index (χ3n) is 5.34. The molecule has 2 aromatic rings. The summed E-state index contributed by atoms with van der Waals surface area (Å²) in [5.74, 6) is -2.46. The lowest BCUT2D eigenvalue weighted by molar-refractivity contribution is -0.119. The van der Waals surface area contributed by atoms with Crippen LogP contribution in [0.15, 0.2) is 53.4 Å². The molecule has 0 aliphatic heterocycles.